The summed E-state index contributed by atoms with van der Waals surface area (Å²) in [5.41, 5.74) is 1.93. The molecule has 0 saturated carbocycles. The summed E-state index contributed by atoms with van der Waals surface area (Å²) in [7, 11) is 0. The Morgan fingerprint density at radius 3 is 2.52 bits per heavy atom. The number of carbonyl (C=O) groups excluding carboxylic acids is 1. The average Bonchev–Trinajstić information content (AvgIpc) is 2.78. The number of amides is 1. The summed E-state index contributed by atoms with van der Waals surface area (Å²) >= 11 is 15.6. The molecular weight excluding hydrogens is 375 g/mol. The van der Waals surface area contributed by atoms with Gasteiger partial charge in [-0.15, -0.1) is 0 Å². The fourth-order valence-electron chi connectivity index (χ4n) is 1.98. The lowest BCUT2D eigenvalue weighted by Gasteiger charge is -2.14. The Hall–Kier alpha value is -0.970. The predicted molar refractivity (Wildman–Crippen MR) is 91.7 cm³/mol. The van der Waals surface area contributed by atoms with Crippen LogP contribution in [0.2, 0.25) is 10.0 Å². The van der Waals surface area contributed by atoms with Gasteiger partial charge in [-0.05, 0) is 60.5 Å². The topological polar surface area (TPSA) is 34.0 Å². The van der Waals surface area contributed by atoms with Crippen LogP contribution in [-0.4, -0.2) is 10.5 Å². The van der Waals surface area contributed by atoms with Gasteiger partial charge in [0, 0.05) is 21.7 Å². The van der Waals surface area contributed by atoms with Gasteiger partial charge in [-0.2, -0.15) is 0 Å². The van der Waals surface area contributed by atoms with E-state index in [2.05, 4.69) is 21.2 Å². The summed E-state index contributed by atoms with van der Waals surface area (Å²) < 4.78 is 2.75. The highest BCUT2D eigenvalue weighted by atomic mass is 79.9. The summed E-state index contributed by atoms with van der Waals surface area (Å²) in [6.45, 7) is 5.89. The normalized spacial score (nSPS) is 11.0. The van der Waals surface area contributed by atoms with Crippen molar-refractivity contribution in [2.45, 2.75) is 26.8 Å². The van der Waals surface area contributed by atoms with E-state index in [1.807, 2.05) is 31.5 Å². The van der Waals surface area contributed by atoms with E-state index in [0.29, 0.717) is 21.4 Å². The molecule has 0 aliphatic heterocycles. The van der Waals surface area contributed by atoms with E-state index in [1.165, 1.54) is 0 Å². The van der Waals surface area contributed by atoms with Gasteiger partial charge in [0.2, 0.25) is 0 Å². The first kappa shape index (κ1) is 16.4. The van der Waals surface area contributed by atoms with Crippen molar-refractivity contribution in [2.75, 3.05) is 5.32 Å². The van der Waals surface area contributed by atoms with Crippen molar-refractivity contribution in [3.63, 3.8) is 0 Å². The number of nitrogens with one attached hydrogen (secondary N) is 1. The summed E-state index contributed by atoms with van der Waals surface area (Å²) in [5.74, 6) is -0.226. The molecule has 1 amide bonds. The van der Waals surface area contributed by atoms with Gasteiger partial charge in [-0.3, -0.25) is 4.79 Å². The van der Waals surface area contributed by atoms with E-state index < -0.39 is 0 Å². The van der Waals surface area contributed by atoms with Crippen LogP contribution in [0, 0.1) is 6.92 Å². The molecule has 1 N–H and O–H groups in total. The Morgan fingerprint density at radius 2 is 1.90 bits per heavy atom. The van der Waals surface area contributed by atoms with Crippen molar-refractivity contribution in [1.29, 1.82) is 0 Å². The minimum atomic E-state index is -0.226. The fourth-order valence-corrected chi connectivity index (χ4v) is 2.85. The van der Waals surface area contributed by atoms with Gasteiger partial charge in [0.1, 0.15) is 5.69 Å². The minimum absolute atomic E-state index is 0.175. The van der Waals surface area contributed by atoms with E-state index in [4.69, 9.17) is 23.2 Å². The van der Waals surface area contributed by atoms with Crippen LogP contribution >= 0.6 is 39.1 Å². The van der Waals surface area contributed by atoms with E-state index in [0.717, 1.165) is 10.0 Å². The number of halogens is 3. The Morgan fingerprint density at radius 1 is 1.24 bits per heavy atom. The summed E-state index contributed by atoms with van der Waals surface area (Å²) in [6, 6.07) is 5.35. The zero-order valence-corrected chi connectivity index (χ0v) is 15.0. The second-order valence-corrected chi connectivity index (χ2v) is 6.81. The first-order valence-electron chi connectivity index (χ1n) is 6.44. The van der Waals surface area contributed by atoms with Crippen LogP contribution in [0.15, 0.2) is 28.9 Å². The Kier molecular flexibility index (Phi) is 5.02. The largest absolute Gasteiger partial charge is 0.340 e. The van der Waals surface area contributed by atoms with Crippen molar-refractivity contribution in [3.8, 4) is 0 Å². The smallest absolute Gasteiger partial charge is 0.272 e. The fraction of sp³-hybridized carbons (Fsp3) is 0.267. The highest BCUT2D eigenvalue weighted by Gasteiger charge is 2.16. The van der Waals surface area contributed by atoms with Gasteiger partial charge in [-0.1, -0.05) is 23.2 Å². The van der Waals surface area contributed by atoms with Crippen LogP contribution in [0.25, 0.3) is 0 Å². The van der Waals surface area contributed by atoms with E-state index in [9.17, 15) is 4.79 Å². The van der Waals surface area contributed by atoms with Crippen LogP contribution < -0.4 is 5.32 Å². The van der Waals surface area contributed by atoms with Gasteiger partial charge in [0.05, 0.1) is 10.7 Å². The van der Waals surface area contributed by atoms with Gasteiger partial charge >= 0.3 is 0 Å². The van der Waals surface area contributed by atoms with Crippen molar-refractivity contribution in [1.82, 2.24) is 4.57 Å². The first-order chi connectivity index (χ1) is 9.79. The predicted octanol–water partition coefficient (Wildman–Crippen LogP) is 5.70. The van der Waals surface area contributed by atoms with Crippen molar-refractivity contribution >= 4 is 50.7 Å². The standard InChI is InChI=1S/C15H15BrCl2N2O/c1-8(2)20-7-10(16)5-14(20)15(21)19-13-6-11(17)9(3)4-12(13)18/h4-8H,1-3H3,(H,19,21). The van der Waals surface area contributed by atoms with Gasteiger partial charge < -0.3 is 9.88 Å². The highest BCUT2D eigenvalue weighted by Crippen LogP contribution is 2.29. The zero-order chi connectivity index (χ0) is 15.7. The molecule has 6 heteroatoms. The molecule has 1 aromatic heterocycles. The summed E-state index contributed by atoms with van der Waals surface area (Å²) in [6.07, 6.45) is 1.88. The Labute approximate surface area is 142 Å². The molecule has 0 bridgehead atoms. The Balaban J connectivity index is 2.33. The van der Waals surface area contributed by atoms with Crippen LogP contribution in [0.5, 0.6) is 0 Å². The lowest BCUT2D eigenvalue weighted by Crippen LogP contribution is -2.18. The second-order valence-electron chi connectivity index (χ2n) is 5.08. The van der Waals surface area contributed by atoms with Crippen LogP contribution in [-0.2, 0) is 0 Å². The van der Waals surface area contributed by atoms with Crippen LogP contribution in [0.3, 0.4) is 0 Å². The third-order valence-electron chi connectivity index (χ3n) is 3.10. The lowest BCUT2D eigenvalue weighted by atomic mass is 10.2. The highest BCUT2D eigenvalue weighted by molar-refractivity contribution is 9.10. The number of rotatable bonds is 3. The third kappa shape index (κ3) is 3.62. The molecule has 1 heterocycles. The molecule has 1 aromatic carbocycles. The SMILES string of the molecule is Cc1cc(Cl)c(NC(=O)c2cc(Br)cn2C(C)C)cc1Cl. The molecule has 2 rings (SSSR count). The molecule has 112 valence electrons. The van der Waals surface area contributed by atoms with Crippen molar-refractivity contribution < 1.29 is 4.79 Å². The second kappa shape index (κ2) is 6.42. The molecule has 21 heavy (non-hydrogen) atoms. The molecule has 3 nitrogen and oxygen atoms in total. The first-order valence-corrected chi connectivity index (χ1v) is 7.99. The molecule has 0 atom stereocenters. The van der Waals surface area contributed by atoms with Gasteiger partial charge in [-0.25, -0.2) is 0 Å². The number of nitrogens with zero attached hydrogens (tertiary/aromatic N) is 1. The van der Waals surface area contributed by atoms with Crippen LogP contribution in [0.4, 0.5) is 5.69 Å². The molecule has 0 spiro atoms. The maximum Gasteiger partial charge on any atom is 0.272 e. The minimum Gasteiger partial charge on any atom is -0.340 e. The number of anilines is 1. The number of carbonyl (C=O) groups is 1. The number of hydrogen-bond donors (Lipinski definition) is 1. The van der Waals surface area contributed by atoms with Crippen LogP contribution in [0.1, 0.15) is 35.9 Å². The molecular formula is C15H15BrCl2N2O. The van der Waals surface area contributed by atoms with Gasteiger partial charge in [0.15, 0.2) is 0 Å². The number of aryl methyl sites for hydroxylation is 1. The number of aromatic nitrogens is 1. The molecule has 0 unspecified atom stereocenters. The molecule has 0 fully saturated rings. The number of benzene rings is 1. The van der Waals surface area contributed by atoms with E-state index >= 15 is 0 Å². The third-order valence-corrected chi connectivity index (χ3v) is 4.25. The monoisotopic (exact) mass is 388 g/mol. The van der Waals surface area contributed by atoms with Crippen molar-refractivity contribution in [3.05, 3.63) is 50.2 Å². The van der Waals surface area contributed by atoms with E-state index in [1.54, 1.807) is 18.2 Å². The molecule has 2 aromatic rings. The van der Waals surface area contributed by atoms with Gasteiger partial charge in [0.25, 0.3) is 5.91 Å². The quantitative estimate of drug-likeness (QED) is 0.717. The maximum absolute atomic E-state index is 12.4. The van der Waals surface area contributed by atoms with E-state index in [-0.39, 0.29) is 11.9 Å². The maximum atomic E-state index is 12.4. The molecule has 0 aliphatic rings. The Bertz CT molecular complexity index is 695. The van der Waals surface area contributed by atoms with Crippen molar-refractivity contribution in [2.24, 2.45) is 0 Å². The summed E-state index contributed by atoms with van der Waals surface area (Å²) in [4.78, 5) is 12.4. The zero-order valence-electron chi connectivity index (χ0n) is 11.9. The molecule has 0 saturated heterocycles. The number of hydrogen-bond acceptors (Lipinski definition) is 1. The molecule has 0 aliphatic carbocycles. The summed E-state index contributed by atoms with van der Waals surface area (Å²) in [5, 5.41) is 3.84. The lowest BCUT2D eigenvalue weighted by molar-refractivity contribution is 0.101. The molecule has 0 radical (unpaired) electrons. The average molecular weight is 390 g/mol.